The van der Waals surface area contributed by atoms with Crippen LogP contribution in [0.1, 0.15) is 18.9 Å². The maximum atomic E-state index is 11.2. The molecule has 0 spiro atoms. The molecule has 17 heavy (non-hydrogen) atoms. The van der Waals surface area contributed by atoms with Crippen LogP contribution in [0.15, 0.2) is 35.1 Å². The molecule has 1 aromatic carbocycles. The molecule has 0 saturated carbocycles. The summed E-state index contributed by atoms with van der Waals surface area (Å²) in [6.07, 6.45) is 2.19. The Morgan fingerprint density at radius 1 is 1.29 bits per heavy atom. The van der Waals surface area contributed by atoms with Gasteiger partial charge in [0.05, 0.1) is 5.69 Å². The van der Waals surface area contributed by atoms with Crippen LogP contribution in [0.25, 0.3) is 11.3 Å². The van der Waals surface area contributed by atoms with Crippen LogP contribution < -0.4 is 11.4 Å². The van der Waals surface area contributed by atoms with Crippen LogP contribution in [0, 0.1) is 0 Å². The molecule has 0 fully saturated rings. The number of rotatable bonds is 3. The Bertz CT molecular complexity index is 558. The van der Waals surface area contributed by atoms with Crippen molar-refractivity contribution in [3.8, 4) is 11.3 Å². The zero-order chi connectivity index (χ0) is 12.3. The first-order chi connectivity index (χ1) is 8.19. The van der Waals surface area contributed by atoms with Crippen LogP contribution in [0.3, 0.4) is 0 Å². The molecule has 0 aliphatic rings. The van der Waals surface area contributed by atoms with E-state index in [9.17, 15) is 4.79 Å². The normalized spacial score (nSPS) is 10.4. The number of aromatic nitrogens is 2. The lowest BCUT2D eigenvalue weighted by molar-refractivity contribution is 0.922. The summed E-state index contributed by atoms with van der Waals surface area (Å²) in [4.78, 5) is 17.4. The lowest BCUT2D eigenvalue weighted by Gasteiger charge is -2.04. The third-order valence-electron chi connectivity index (χ3n) is 2.57. The predicted molar refractivity (Wildman–Crippen MR) is 68.7 cm³/mol. The van der Waals surface area contributed by atoms with Gasteiger partial charge < -0.3 is 10.7 Å². The number of hydrogen-bond acceptors (Lipinski definition) is 3. The van der Waals surface area contributed by atoms with Crippen LogP contribution >= 0.6 is 0 Å². The van der Waals surface area contributed by atoms with E-state index in [1.54, 1.807) is 6.07 Å². The van der Waals surface area contributed by atoms with Crippen molar-refractivity contribution < 1.29 is 0 Å². The number of H-pyrrole nitrogens is 1. The molecule has 0 aliphatic carbocycles. The quantitative estimate of drug-likeness (QED) is 0.845. The minimum Gasteiger partial charge on any atom is -0.383 e. The lowest BCUT2D eigenvalue weighted by atomic mass is 10.1. The first kappa shape index (κ1) is 11.4. The fourth-order valence-electron chi connectivity index (χ4n) is 1.77. The summed E-state index contributed by atoms with van der Waals surface area (Å²) in [7, 11) is 0. The average Bonchev–Trinajstić information content (AvgIpc) is 2.29. The van der Waals surface area contributed by atoms with Crippen molar-refractivity contribution in [2.75, 3.05) is 5.73 Å². The van der Waals surface area contributed by atoms with Crippen molar-refractivity contribution >= 4 is 5.82 Å². The number of aryl methyl sites for hydroxylation is 1. The van der Waals surface area contributed by atoms with E-state index >= 15 is 0 Å². The Morgan fingerprint density at radius 2 is 2.00 bits per heavy atom. The van der Waals surface area contributed by atoms with E-state index in [1.807, 2.05) is 12.1 Å². The highest BCUT2D eigenvalue weighted by Gasteiger charge is 2.01. The highest BCUT2D eigenvalue weighted by Crippen LogP contribution is 2.17. The average molecular weight is 229 g/mol. The van der Waals surface area contributed by atoms with Crippen molar-refractivity contribution in [1.82, 2.24) is 9.97 Å². The molecule has 4 heteroatoms. The second-order valence-corrected chi connectivity index (χ2v) is 3.97. The molecule has 0 unspecified atom stereocenters. The summed E-state index contributed by atoms with van der Waals surface area (Å²) >= 11 is 0. The van der Waals surface area contributed by atoms with Crippen LogP contribution in [-0.4, -0.2) is 9.97 Å². The van der Waals surface area contributed by atoms with Gasteiger partial charge in [0.1, 0.15) is 5.82 Å². The Hall–Kier alpha value is -2.10. The molecule has 0 aliphatic heterocycles. The molecule has 3 N–H and O–H groups in total. The Morgan fingerprint density at radius 3 is 2.59 bits per heavy atom. The number of hydrogen-bond donors (Lipinski definition) is 2. The van der Waals surface area contributed by atoms with Crippen LogP contribution in [-0.2, 0) is 6.42 Å². The summed E-state index contributed by atoms with van der Waals surface area (Å²) in [6, 6.07) is 9.75. The zero-order valence-corrected chi connectivity index (χ0v) is 9.73. The van der Waals surface area contributed by atoms with Crippen molar-refractivity contribution in [2.24, 2.45) is 0 Å². The maximum absolute atomic E-state index is 11.2. The van der Waals surface area contributed by atoms with E-state index in [0.717, 1.165) is 18.4 Å². The van der Waals surface area contributed by atoms with Gasteiger partial charge in [0, 0.05) is 6.07 Å². The summed E-state index contributed by atoms with van der Waals surface area (Å²) in [5, 5.41) is 0. The Balaban J connectivity index is 2.36. The number of nitrogens with two attached hydrogens (primary N) is 1. The van der Waals surface area contributed by atoms with E-state index in [-0.39, 0.29) is 5.82 Å². The van der Waals surface area contributed by atoms with Gasteiger partial charge in [0.15, 0.2) is 0 Å². The molecule has 2 aromatic rings. The molecule has 0 atom stereocenters. The predicted octanol–water partition coefficient (Wildman–Crippen LogP) is 1.97. The van der Waals surface area contributed by atoms with Gasteiger partial charge in [0.25, 0.3) is 0 Å². The molecule has 0 amide bonds. The fourth-order valence-corrected chi connectivity index (χ4v) is 1.77. The number of nitrogens with zero attached hydrogens (tertiary/aromatic N) is 1. The highest BCUT2D eigenvalue weighted by atomic mass is 16.1. The summed E-state index contributed by atoms with van der Waals surface area (Å²) < 4.78 is 0. The zero-order valence-electron chi connectivity index (χ0n) is 9.73. The van der Waals surface area contributed by atoms with Gasteiger partial charge >= 0.3 is 5.69 Å². The number of aromatic amines is 1. The first-order valence-corrected chi connectivity index (χ1v) is 5.65. The highest BCUT2D eigenvalue weighted by molar-refractivity contribution is 5.61. The molecule has 88 valence electrons. The van der Waals surface area contributed by atoms with Gasteiger partial charge in [-0.25, -0.2) is 4.79 Å². The van der Waals surface area contributed by atoms with Gasteiger partial charge in [-0.05, 0) is 17.5 Å². The van der Waals surface area contributed by atoms with E-state index in [2.05, 4.69) is 29.0 Å². The summed E-state index contributed by atoms with van der Waals surface area (Å²) in [5.41, 5.74) is 8.06. The number of anilines is 1. The number of nitrogens with one attached hydrogen (secondary N) is 1. The third kappa shape index (κ3) is 2.72. The molecule has 4 nitrogen and oxygen atoms in total. The fraction of sp³-hybridized carbons (Fsp3) is 0.231. The molecular formula is C13H15N3O. The standard InChI is InChI=1S/C13H15N3O/c1-2-3-9-4-6-10(7-5-9)11-8-12(14)16-13(17)15-11/h4-8H,2-3H2,1H3,(H3,14,15,16,17). The van der Waals surface area contributed by atoms with Crippen molar-refractivity contribution in [2.45, 2.75) is 19.8 Å². The molecule has 0 radical (unpaired) electrons. The van der Waals surface area contributed by atoms with Crippen molar-refractivity contribution in [1.29, 1.82) is 0 Å². The summed E-state index contributed by atoms with van der Waals surface area (Å²) in [6.45, 7) is 2.15. The van der Waals surface area contributed by atoms with Crippen molar-refractivity contribution in [3.63, 3.8) is 0 Å². The lowest BCUT2D eigenvalue weighted by Crippen LogP contribution is -2.12. The molecular weight excluding hydrogens is 214 g/mol. The summed E-state index contributed by atoms with van der Waals surface area (Å²) in [5.74, 6) is 0.237. The van der Waals surface area contributed by atoms with E-state index in [0.29, 0.717) is 5.69 Å². The second-order valence-electron chi connectivity index (χ2n) is 3.97. The maximum Gasteiger partial charge on any atom is 0.347 e. The van der Waals surface area contributed by atoms with E-state index in [1.165, 1.54) is 5.56 Å². The van der Waals surface area contributed by atoms with Crippen LogP contribution in [0.4, 0.5) is 5.82 Å². The van der Waals surface area contributed by atoms with Gasteiger partial charge in [-0.1, -0.05) is 37.6 Å². The van der Waals surface area contributed by atoms with Crippen LogP contribution in [0.5, 0.6) is 0 Å². The third-order valence-corrected chi connectivity index (χ3v) is 2.57. The Kier molecular flexibility index (Phi) is 3.23. The molecule has 0 saturated heterocycles. The SMILES string of the molecule is CCCc1ccc(-c2cc(N)nc(=O)[nH]2)cc1. The molecule has 1 aromatic heterocycles. The minimum absolute atomic E-state index is 0.237. The minimum atomic E-state index is -0.419. The van der Waals surface area contributed by atoms with Crippen molar-refractivity contribution in [3.05, 3.63) is 46.4 Å². The van der Waals surface area contributed by atoms with Gasteiger partial charge in [0.2, 0.25) is 0 Å². The molecule has 2 rings (SSSR count). The van der Waals surface area contributed by atoms with E-state index in [4.69, 9.17) is 5.73 Å². The first-order valence-electron chi connectivity index (χ1n) is 5.65. The van der Waals surface area contributed by atoms with E-state index < -0.39 is 5.69 Å². The molecule has 1 heterocycles. The van der Waals surface area contributed by atoms with Gasteiger partial charge in [-0.2, -0.15) is 4.98 Å². The smallest absolute Gasteiger partial charge is 0.347 e. The Labute approximate surface area is 99.5 Å². The van der Waals surface area contributed by atoms with Gasteiger partial charge in [-0.3, -0.25) is 0 Å². The largest absolute Gasteiger partial charge is 0.383 e. The molecule has 0 bridgehead atoms. The second kappa shape index (κ2) is 4.82. The number of nitrogen functional groups attached to an aromatic ring is 1. The van der Waals surface area contributed by atoms with Crippen LogP contribution in [0.2, 0.25) is 0 Å². The monoisotopic (exact) mass is 229 g/mol. The number of benzene rings is 1. The topological polar surface area (TPSA) is 71.8 Å². The van der Waals surface area contributed by atoms with Gasteiger partial charge in [-0.15, -0.1) is 0 Å².